The number of hydrogen-bond acceptors (Lipinski definition) is 7. The standard InChI is InChI=1S/C25H23F3N8O2S/c26-15-5-2-6-29-20(15)22-34-16-11-31-19(35-8-7-30-25(35)38)10-17(16)36(22)14-4-1-3-13(9-14)33-23(37)24-32-12-18(39-24)21(27)28/h2,5-6,10-14,21H,1,3-4,7-9H2,(H,30,38)(H,33,37)/t13-,14+/m0/s1. The number of carbonyl (C=O) groups excluding carboxylic acids is 2. The molecule has 1 aliphatic carbocycles. The van der Waals surface area contributed by atoms with Crippen LogP contribution < -0.4 is 15.5 Å². The van der Waals surface area contributed by atoms with Crippen LogP contribution in [0.15, 0.2) is 36.8 Å². The van der Waals surface area contributed by atoms with Gasteiger partial charge in [0.2, 0.25) is 0 Å². The van der Waals surface area contributed by atoms with Crippen LogP contribution in [0, 0.1) is 5.82 Å². The topological polar surface area (TPSA) is 118 Å². The molecular weight excluding hydrogens is 533 g/mol. The zero-order valence-corrected chi connectivity index (χ0v) is 21.3. The molecule has 14 heteroatoms. The van der Waals surface area contributed by atoms with Crippen LogP contribution in [0.3, 0.4) is 0 Å². The fourth-order valence-electron chi connectivity index (χ4n) is 5.18. The summed E-state index contributed by atoms with van der Waals surface area (Å²) in [4.78, 5) is 43.5. The summed E-state index contributed by atoms with van der Waals surface area (Å²) in [6.45, 7) is 0.971. The van der Waals surface area contributed by atoms with Gasteiger partial charge in [0.15, 0.2) is 16.6 Å². The minimum atomic E-state index is -2.69. The number of nitrogens with one attached hydrogen (secondary N) is 2. The molecule has 0 bridgehead atoms. The van der Waals surface area contributed by atoms with Crippen molar-refractivity contribution in [1.82, 2.24) is 35.1 Å². The summed E-state index contributed by atoms with van der Waals surface area (Å²) >= 11 is 0.671. The molecule has 2 N–H and O–H groups in total. The third kappa shape index (κ3) is 4.80. The summed E-state index contributed by atoms with van der Waals surface area (Å²) in [7, 11) is 0. The lowest BCUT2D eigenvalue weighted by molar-refractivity contribution is 0.0920. The molecule has 202 valence electrons. The lowest BCUT2D eigenvalue weighted by Gasteiger charge is -2.31. The highest BCUT2D eigenvalue weighted by molar-refractivity contribution is 7.13. The van der Waals surface area contributed by atoms with Crippen molar-refractivity contribution in [2.24, 2.45) is 0 Å². The molecule has 1 saturated heterocycles. The number of thiazole rings is 1. The quantitative estimate of drug-likeness (QED) is 0.362. The van der Waals surface area contributed by atoms with E-state index in [1.807, 2.05) is 4.57 Å². The van der Waals surface area contributed by atoms with Crippen LogP contribution in [0.5, 0.6) is 0 Å². The molecule has 5 heterocycles. The first kappa shape index (κ1) is 25.2. The Hall–Kier alpha value is -4.07. The van der Waals surface area contributed by atoms with Gasteiger partial charge in [0.05, 0.1) is 16.6 Å². The number of carbonyl (C=O) groups is 2. The first-order valence-electron chi connectivity index (χ1n) is 12.5. The first-order chi connectivity index (χ1) is 18.9. The molecule has 10 nitrogen and oxygen atoms in total. The van der Waals surface area contributed by atoms with Crippen molar-refractivity contribution in [2.45, 2.75) is 44.2 Å². The molecule has 2 aliphatic rings. The van der Waals surface area contributed by atoms with Crippen molar-refractivity contribution < 1.29 is 22.8 Å². The van der Waals surface area contributed by atoms with Gasteiger partial charge < -0.3 is 15.2 Å². The molecule has 0 radical (unpaired) electrons. The molecule has 0 spiro atoms. The van der Waals surface area contributed by atoms with Gasteiger partial charge in [-0.2, -0.15) is 0 Å². The maximum absolute atomic E-state index is 14.9. The van der Waals surface area contributed by atoms with Crippen molar-refractivity contribution in [1.29, 1.82) is 0 Å². The molecule has 1 aliphatic heterocycles. The number of pyridine rings is 2. The average Bonchev–Trinajstić information content (AvgIpc) is 3.67. The van der Waals surface area contributed by atoms with E-state index in [0.717, 1.165) is 19.0 Å². The maximum atomic E-state index is 14.9. The zero-order chi connectivity index (χ0) is 27.1. The van der Waals surface area contributed by atoms with Gasteiger partial charge >= 0.3 is 6.03 Å². The number of imidazole rings is 1. The number of aromatic nitrogens is 5. The number of urea groups is 1. The van der Waals surface area contributed by atoms with Gasteiger partial charge in [0, 0.05) is 43.6 Å². The predicted octanol–water partition coefficient (Wildman–Crippen LogP) is 4.47. The van der Waals surface area contributed by atoms with Crippen LogP contribution in [0.1, 0.15) is 52.8 Å². The third-order valence-electron chi connectivity index (χ3n) is 6.94. The average molecular weight is 557 g/mol. The molecule has 4 aromatic heterocycles. The van der Waals surface area contributed by atoms with Crippen molar-refractivity contribution in [2.75, 3.05) is 18.0 Å². The Morgan fingerprint density at radius 3 is 2.82 bits per heavy atom. The molecule has 6 rings (SSSR count). The number of rotatable bonds is 6. The summed E-state index contributed by atoms with van der Waals surface area (Å²) in [5.41, 5.74) is 1.27. The molecule has 4 aromatic rings. The summed E-state index contributed by atoms with van der Waals surface area (Å²) in [5, 5.41) is 5.67. The SMILES string of the molecule is O=C(N[C@H]1CCC[C@@H](n2c(-c3ncccc3F)nc3cnc(N4CCNC4=O)cc32)C1)c1ncc(C(F)F)s1. The summed E-state index contributed by atoms with van der Waals surface area (Å²) in [6.07, 6.45) is 4.05. The molecule has 0 aromatic carbocycles. The Kier molecular flexibility index (Phi) is 6.62. The van der Waals surface area contributed by atoms with Gasteiger partial charge in [0.25, 0.3) is 12.3 Å². The van der Waals surface area contributed by atoms with Gasteiger partial charge in [-0.05, 0) is 37.8 Å². The van der Waals surface area contributed by atoms with Gasteiger partial charge in [-0.3, -0.25) is 9.69 Å². The lowest BCUT2D eigenvalue weighted by Crippen LogP contribution is -2.39. The lowest BCUT2D eigenvalue weighted by atomic mass is 9.90. The normalized spacial score (nSPS) is 19.6. The van der Waals surface area contributed by atoms with Gasteiger partial charge in [0.1, 0.15) is 17.0 Å². The molecule has 0 unspecified atom stereocenters. The van der Waals surface area contributed by atoms with Crippen molar-refractivity contribution in [3.05, 3.63) is 52.5 Å². The minimum Gasteiger partial charge on any atom is -0.347 e. The predicted molar refractivity (Wildman–Crippen MR) is 137 cm³/mol. The Labute approximate surface area is 224 Å². The number of alkyl halides is 2. The Morgan fingerprint density at radius 1 is 1.21 bits per heavy atom. The van der Waals surface area contributed by atoms with Crippen LogP contribution in [-0.4, -0.2) is 55.6 Å². The molecule has 2 atom stereocenters. The minimum absolute atomic E-state index is 0.0173. The van der Waals surface area contributed by atoms with E-state index in [1.165, 1.54) is 23.2 Å². The van der Waals surface area contributed by atoms with E-state index in [4.69, 9.17) is 0 Å². The highest BCUT2D eigenvalue weighted by Gasteiger charge is 2.31. The van der Waals surface area contributed by atoms with Crippen LogP contribution in [0.25, 0.3) is 22.6 Å². The zero-order valence-electron chi connectivity index (χ0n) is 20.5. The van der Waals surface area contributed by atoms with E-state index in [1.54, 1.807) is 12.3 Å². The molecule has 2 fully saturated rings. The first-order valence-corrected chi connectivity index (χ1v) is 13.3. The van der Waals surface area contributed by atoms with E-state index in [9.17, 15) is 22.8 Å². The fourth-order valence-corrected chi connectivity index (χ4v) is 5.86. The fraction of sp³-hybridized carbons (Fsp3) is 0.360. The molecule has 39 heavy (non-hydrogen) atoms. The molecule has 3 amide bonds. The van der Waals surface area contributed by atoms with Crippen molar-refractivity contribution in [3.8, 4) is 11.5 Å². The Balaban J connectivity index is 1.35. The molecule has 1 saturated carbocycles. The summed E-state index contributed by atoms with van der Waals surface area (Å²) < 4.78 is 42.8. The smallest absolute Gasteiger partial charge is 0.323 e. The van der Waals surface area contributed by atoms with Gasteiger partial charge in [-0.25, -0.2) is 37.9 Å². The van der Waals surface area contributed by atoms with E-state index >= 15 is 0 Å². The number of anilines is 1. The maximum Gasteiger partial charge on any atom is 0.323 e. The number of amides is 3. The van der Waals surface area contributed by atoms with Crippen LogP contribution >= 0.6 is 11.3 Å². The van der Waals surface area contributed by atoms with Crippen LogP contribution in [0.2, 0.25) is 0 Å². The number of hydrogen-bond donors (Lipinski definition) is 2. The van der Waals surface area contributed by atoms with E-state index in [0.29, 0.717) is 59.9 Å². The second kappa shape index (κ2) is 10.2. The highest BCUT2D eigenvalue weighted by atomic mass is 32.1. The highest BCUT2D eigenvalue weighted by Crippen LogP contribution is 2.37. The second-order valence-corrected chi connectivity index (χ2v) is 10.5. The number of halogens is 3. The number of nitrogens with zero attached hydrogens (tertiary/aromatic N) is 6. The van der Waals surface area contributed by atoms with Gasteiger partial charge in [-0.15, -0.1) is 11.3 Å². The van der Waals surface area contributed by atoms with E-state index in [-0.39, 0.29) is 33.7 Å². The molecular formula is C25H23F3N8O2S. The summed E-state index contributed by atoms with van der Waals surface area (Å²) in [6, 6.07) is 3.88. The van der Waals surface area contributed by atoms with Gasteiger partial charge in [-0.1, -0.05) is 0 Å². The van der Waals surface area contributed by atoms with Crippen LogP contribution in [-0.2, 0) is 0 Å². The second-order valence-electron chi connectivity index (χ2n) is 9.41. The van der Waals surface area contributed by atoms with Crippen LogP contribution in [0.4, 0.5) is 23.8 Å². The van der Waals surface area contributed by atoms with E-state index in [2.05, 4.69) is 30.6 Å². The summed E-state index contributed by atoms with van der Waals surface area (Å²) in [5.74, 6) is -0.256. The monoisotopic (exact) mass is 556 g/mol. The third-order valence-corrected chi connectivity index (χ3v) is 7.95. The van der Waals surface area contributed by atoms with Crippen molar-refractivity contribution >= 4 is 40.1 Å². The largest absolute Gasteiger partial charge is 0.347 e. The number of fused-ring (bicyclic) bond motifs is 1. The van der Waals surface area contributed by atoms with E-state index < -0.39 is 18.1 Å². The Bertz CT molecular complexity index is 1560. The van der Waals surface area contributed by atoms with Crippen molar-refractivity contribution in [3.63, 3.8) is 0 Å². The Morgan fingerprint density at radius 2 is 2.08 bits per heavy atom.